The van der Waals surface area contributed by atoms with Gasteiger partial charge in [-0.25, -0.2) is 4.79 Å². The molecule has 1 aliphatic heterocycles. The van der Waals surface area contributed by atoms with E-state index in [9.17, 15) is 41.0 Å². The first kappa shape index (κ1) is 31.2. The third kappa shape index (κ3) is 6.68. The van der Waals surface area contributed by atoms with E-state index in [2.05, 4.69) is 0 Å². The topological polar surface area (TPSA) is 78.9 Å². The number of halogens is 6. The molecule has 0 spiro atoms. The Balaban J connectivity index is 1.74. The molecule has 1 heterocycles. The van der Waals surface area contributed by atoms with Gasteiger partial charge < -0.3 is 19.4 Å². The van der Waals surface area contributed by atoms with Crippen molar-refractivity contribution in [1.29, 1.82) is 0 Å². The second kappa shape index (κ2) is 11.2. The Kier molecular flexibility index (Phi) is 8.32. The molecule has 2 atom stereocenters. The molecule has 0 saturated carbocycles. The molecule has 0 bridgehead atoms. The second-order valence-corrected chi connectivity index (χ2v) is 11.5. The van der Waals surface area contributed by atoms with Crippen LogP contribution in [0.5, 0.6) is 5.75 Å². The van der Waals surface area contributed by atoms with E-state index in [0.717, 1.165) is 17.6 Å². The summed E-state index contributed by atoms with van der Waals surface area (Å²) < 4.78 is 91.8. The number of allylic oxidation sites excluding steroid dienone is 1. The third-order valence-electron chi connectivity index (χ3n) is 7.80. The minimum atomic E-state index is -5.04. The number of benzene rings is 2. The third-order valence-corrected chi connectivity index (χ3v) is 7.80. The zero-order chi connectivity index (χ0) is 31.2. The number of ether oxygens (including phenoxy) is 2. The van der Waals surface area contributed by atoms with Crippen molar-refractivity contribution in [2.24, 2.45) is 5.41 Å². The van der Waals surface area contributed by atoms with Crippen LogP contribution in [0, 0.1) is 5.41 Å². The number of hydrogen-bond donors (Lipinski definition) is 0. The first-order chi connectivity index (χ1) is 19.4. The molecular formula is C30H30F6NO5-. The van der Waals surface area contributed by atoms with Crippen LogP contribution in [0.25, 0.3) is 5.57 Å². The van der Waals surface area contributed by atoms with Crippen molar-refractivity contribution in [2.45, 2.75) is 71.0 Å². The average Bonchev–Trinajstić information content (AvgIpc) is 3.15. The maximum atomic E-state index is 13.5. The molecule has 1 amide bonds. The van der Waals surface area contributed by atoms with Gasteiger partial charge in [-0.15, -0.1) is 0 Å². The van der Waals surface area contributed by atoms with Gasteiger partial charge in [0.2, 0.25) is 0 Å². The number of carbonyl (C=O) groups is 2. The lowest BCUT2D eigenvalue weighted by molar-refractivity contribution is -0.304. The van der Waals surface area contributed by atoms with Crippen molar-refractivity contribution in [1.82, 2.24) is 4.90 Å². The lowest BCUT2D eigenvalue weighted by Crippen LogP contribution is -2.35. The van der Waals surface area contributed by atoms with Gasteiger partial charge in [-0.05, 0) is 84.2 Å². The monoisotopic (exact) mass is 598 g/mol. The van der Waals surface area contributed by atoms with Crippen LogP contribution < -0.4 is 9.84 Å². The smallest absolute Gasteiger partial charge is 0.416 e. The van der Waals surface area contributed by atoms with Crippen LogP contribution in [0.15, 0.2) is 42.0 Å². The molecular weight excluding hydrogens is 568 g/mol. The predicted octanol–water partition coefficient (Wildman–Crippen LogP) is 6.57. The van der Waals surface area contributed by atoms with Crippen LogP contribution in [-0.2, 0) is 28.3 Å². The minimum absolute atomic E-state index is 0.00816. The van der Waals surface area contributed by atoms with Crippen molar-refractivity contribution >= 4 is 17.6 Å². The fourth-order valence-corrected chi connectivity index (χ4v) is 5.67. The van der Waals surface area contributed by atoms with Crippen molar-refractivity contribution in [2.75, 3.05) is 13.7 Å². The predicted molar refractivity (Wildman–Crippen MR) is 138 cm³/mol. The van der Waals surface area contributed by atoms with Crippen molar-refractivity contribution in [3.05, 3.63) is 69.8 Å². The van der Waals surface area contributed by atoms with E-state index >= 15 is 0 Å². The molecule has 0 N–H and O–H groups in total. The molecule has 12 heteroatoms. The zero-order valence-corrected chi connectivity index (χ0v) is 23.4. The lowest BCUT2D eigenvalue weighted by Gasteiger charge is -2.36. The second-order valence-electron chi connectivity index (χ2n) is 11.5. The first-order valence-corrected chi connectivity index (χ1v) is 13.2. The largest absolute Gasteiger partial charge is 0.550 e. The van der Waals surface area contributed by atoms with Gasteiger partial charge in [-0.3, -0.25) is 4.90 Å². The lowest BCUT2D eigenvalue weighted by atomic mass is 9.72. The Morgan fingerprint density at radius 3 is 2.24 bits per heavy atom. The normalized spacial score (nSPS) is 21.0. The number of carbonyl (C=O) groups excluding carboxylic acids is 2. The van der Waals surface area contributed by atoms with Crippen LogP contribution in [0.1, 0.15) is 74.0 Å². The Morgan fingerprint density at radius 2 is 1.69 bits per heavy atom. The van der Waals surface area contributed by atoms with Crippen LogP contribution in [0.3, 0.4) is 0 Å². The summed E-state index contributed by atoms with van der Waals surface area (Å²) in [5.74, 6) is -0.768. The Morgan fingerprint density at radius 1 is 1.07 bits per heavy atom. The van der Waals surface area contributed by atoms with Crippen LogP contribution in [0.2, 0.25) is 0 Å². The summed E-state index contributed by atoms with van der Waals surface area (Å²) in [5.41, 5.74) is -0.798. The van der Waals surface area contributed by atoms with Gasteiger partial charge >= 0.3 is 18.4 Å². The maximum absolute atomic E-state index is 13.5. The van der Waals surface area contributed by atoms with E-state index in [4.69, 9.17) is 9.47 Å². The number of carboxylic acids is 1. The molecule has 4 rings (SSSR count). The number of nitrogens with zero attached hydrogens (tertiary/aromatic N) is 1. The fraction of sp³-hybridized carbons (Fsp3) is 0.467. The molecule has 42 heavy (non-hydrogen) atoms. The number of carboxylic acid groups (broad SMARTS) is 1. The molecule has 2 aliphatic rings. The van der Waals surface area contributed by atoms with Crippen molar-refractivity contribution < 1.29 is 50.5 Å². The summed E-state index contributed by atoms with van der Waals surface area (Å²) >= 11 is 0. The van der Waals surface area contributed by atoms with Crippen LogP contribution in [-0.4, -0.2) is 36.7 Å². The highest BCUT2D eigenvalue weighted by molar-refractivity contribution is 5.78. The van der Waals surface area contributed by atoms with E-state index in [0.29, 0.717) is 41.9 Å². The molecule has 1 aliphatic carbocycles. The fourth-order valence-electron chi connectivity index (χ4n) is 5.67. The Hall–Kier alpha value is -3.70. The molecule has 0 aromatic heterocycles. The molecule has 228 valence electrons. The Labute approximate surface area is 238 Å². The molecule has 2 aromatic carbocycles. The highest BCUT2D eigenvalue weighted by atomic mass is 19.4. The zero-order valence-electron chi connectivity index (χ0n) is 23.4. The van der Waals surface area contributed by atoms with E-state index in [1.807, 2.05) is 13.8 Å². The van der Waals surface area contributed by atoms with Gasteiger partial charge in [0, 0.05) is 24.5 Å². The summed E-state index contributed by atoms with van der Waals surface area (Å²) in [6, 6.07) is 5.24. The number of cyclic esters (lactones) is 1. The van der Waals surface area contributed by atoms with Crippen LogP contribution in [0.4, 0.5) is 31.1 Å². The van der Waals surface area contributed by atoms with E-state index < -0.39 is 53.3 Å². The van der Waals surface area contributed by atoms with Crippen molar-refractivity contribution in [3.63, 3.8) is 0 Å². The van der Waals surface area contributed by atoms with Crippen LogP contribution >= 0.6 is 0 Å². The number of amides is 1. The van der Waals surface area contributed by atoms with E-state index in [-0.39, 0.29) is 24.4 Å². The number of aliphatic carboxylic acids is 1. The van der Waals surface area contributed by atoms with Gasteiger partial charge in [-0.1, -0.05) is 19.9 Å². The summed E-state index contributed by atoms with van der Waals surface area (Å²) in [6.07, 6.45) is -10.8. The standard InChI is InChI=1S/C30H31F6NO5/c1-16-26(18-11-20(29(31,32)33)13-21(12-18)30(34,35)36)42-27(40)37(16)15-19-14-28(2,3)8-7-22(19)23-9-17(10-25(38)39)5-6-24(23)41-4/h5-6,9,11-13,16,26H,7-8,10,14-15H2,1-4H3,(H,38,39)/p-1/t16-,26-/m0/s1. The van der Waals surface area contributed by atoms with Gasteiger partial charge in [0.1, 0.15) is 11.9 Å². The summed E-state index contributed by atoms with van der Waals surface area (Å²) in [6.45, 7) is 5.61. The summed E-state index contributed by atoms with van der Waals surface area (Å²) in [4.78, 5) is 25.6. The SMILES string of the molecule is COc1ccc(CC(=O)[O-])cc1C1=C(CN2C(=O)O[C@H](c3cc(C(F)(F)F)cc(C(F)(F)F)c3)[C@@H]2C)CC(C)(C)CC1. The minimum Gasteiger partial charge on any atom is -0.550 e. The van der Waals surface area contributed by atoms with Gasteiger partial charge in [0.15, 0.2) is 0 Å². The molecule has 1 saturated heterocycles. The van der Waals surface area contributed by atoms with Gasteiger partial charge in [0.05, 0.1) is 24.3 Å². The summed E-state index contributed by atoms with van der Waals surface area (Å²) in [5, 5.41) is 11.2. The quantitative estimate of drug-likeness (QED) is 0.337. The molecule has 1 fully saturated rings. The highest BCUT2D eigenvalue weighted by Gasteiger charge is 2.44. The number of hydrogen-bond acceptors (Lipinski definition) is 5. The number of methoxy groups -OCH3 is 1. The maximum Gasteiger partial charge on any atom is 0.416 e. The number of rotatable bonds is 7. The first-order valence-electron chi connectivity index (χ1n) is 13.2. The number of alkyl halides is 6. The highest BCUT2D eigenvalue weighted by Crippen LogP contribution is 2.46. The van der Waals surface area contributed by atoms with Gasteiger partial charge in [0.25, 0.3) is 0 Å². The van der Waals surface area contributed by atoms with E-state index in [1.54, 1.807) is 18.2 Å². The Bertz CT molecular complexity index is 1380. The summed E-state index contributed by atoms with van der Waals surface area (Å²) in [7, 11) is 1.47. The van der Waals surface area contributed by atoms with E-state index in [1.165, 1.54) is 18.9 Å². The molecule has 0 radical (unpaired) electrons. The molecule has 6 nitrogen and oxygen atoms in total. The molecule has 0 unspecified atom stereocenters. The average molecular weight is 599 g/mol. The van der Waals surface area contributed by atoms with Gasteiger partial charge in [-0.2, -0.15) is 26.3 Å². The molecule has 2 aromatic rings. The van der Waals surface area contributed by atoms with Crippen molar-refractivity contribution in [3.8, 4) is 5.75 Å².